The van der Waals surface area contributed by atoms with E-state index in [2.05, 4.69) is 9.97 Å². The molecule has 0 fully saturated rings. The number of nitro benzene ring substituents is 1. The van der Waals surface area contributed by atoms with Crippen LogP contribution in [0.1, 0.15) is 12.5 Å². The molecule has 1 aromatic carbocycles. The maximum absolute atomic E-state index is 14.1. The molecule has 0 radical (unpaired) electrons. The van der Waals surface area contributed by atoms with Gasteiger partial charge < -0.3 is 0 Å². The van der Waals surface area contributed by atoms with Gasteiger partial charge in [-0.15, -0.1) is 0 Å². The Morgan fingerprint density at radius 3 is 2.29 bits per heavy atom. The van der Waals surface area contributed by atoms with E-state index < -0.39 is 33.6 Å². The van der Waals surface area contributed by atoms with Crippen molar-refractivity contribution in [1.29, 1.82) is 0 Å². The number of nitrogens with zero attached hydrogens (tertiary/aromatic N) is 3. The van der Waals surface area contributed by atoms with E-state index in [0.717, 1.165) is 12.1 Å². The van der Waals surface area contributed by atoms with Gasteiger partial charge in [0, 0.05) is 11.6 Å². The fourth-order valence-electron chi connectivity index (χ4n) is 1.72. The van der Waals surface area contributed by atoms with Crippen molar-refractivity contribution < 1.29 is 13.7 Å². The Balaban J connectivity index is 2.73. The summed E-state index contributed by atoms with van der Waals surface area (Å²) in [6, 6.07) is 1.48. The molecule has 2 aromatic rings. The number of hydrogen-bond donors (Lipinski definition) is 0. The van der Waals surface area contributed by atoms with Gasteiger partial charge in [-0.05, 0) is 12.5 Å². The van der Waals surface area contributed by atoms with Gasteiger partial charge in [0.25, 0.3) is 0 Å². The second kappa shape index (κ2) is 5.87. The number of aromatic nitrogens is 2. The van der Waals surface area contributed by atoms with Gasteiger partial charge in [-0.2, -0.15) is 4.39 Å². The molecule has 0 aliphatic heterocycles. The first-order valence-corrected chi connectivity index (χ1v) is 6.47. The van der Waals surface area contributed by atoms with E-state index in [9.17, 15) is 18.9 Å². The van der Waals surface area contributed by atoms with Crippen LogP contribution in [0, 0.1) is 21.7 Å². The number of benzene rings is 1. The summed E-state index contributed by atoms with van der Waals surface area (Å²) in [5.74, 6) is -2.87. The highest BCUT2D eigenvalue weighted by Crippen LogP contribution is 2.32. The number of nitro groups is 1. The minimum atomic E-state index is -1.38. The van der Waals surface area contributed by atoms with Gasteiger partial charge in [0.15, 0.2) is 5.82 Å². The summed E-state index contributed by atoms with van der Waals surface area (Å²) in [4.78, 5) is 17.3. The van der Waals surface area contributed by atoms with E-state index in [-0.39, 0.29) is 10.3 Å². The predicted molar refractivity (Wildman–Crippen MR) is 73.4 cm³/mol. The molecule has 0 atom stereocenters. The molecule has 0 saturated heterocycles. The molecule has 0 aliphatic carbocycles. The summed E-state index contributed by atoms with van der Waals surface area (Å²) in [6.45, 7) is 1.75. The van der Waals surface area contributed by atoms with Crippen LogP contribution in [-0.2, 0) is 6.42 Å². The molecule has 21 heavy (non-hydrogen) atoms. The van der Waals surface area contributed by atoms with Crippen molar-refractivity contribution in [3.63, 3.8) is 0 Å². The Labute approximate surface area is 127 Å². The van der Waals surface area contributed by atoms with Crippen LogP contribution in [0.3, 0.4) is 0 Å². The predicted octanol–water partition coefficient (Wildman–Crippen LogP) is 4.20. The van der Waals surface area contributed by atoms with Crippen molar-refractivity contribution in [2.45, 2.75) is 13.3 Å². The topological polar surface area (TPSA) is 68.9 Å². The summed E-state index contributed by atoms with van der Waals surface area (Å²) in [5, 5.41) is 10.6. The van der Waals surface area contributed by atoms with E-state index in [1.807, 2.05) is 0 Å². The highest BCUT2D eigenvalue weighted by molar-refractivity contribution is 6.34. The van der Waals surface area contributed by atoms with Crippen molar-refractivity contribution >= 4 is 28.9 Å². The van der Waals surface area contributed by atoms with Gasteiger partial charge in [-0.25, -0.2) is 14.4 Å². The largest absolute Gasteiger partial charge is 0.305 e. The molecule has 0 unspecified atom stereocenters. The maximum atomic E-state index is 14.1. The van der Waals surface area contributed by atoms with E-state index in [4.69, 9.17) is 23.2 Å². The Morgan fingerprint density at radius 1 is 1.24 bits per heavy atom. The monoisotopic (exact) mass is 333 g/mol. The zero-order valence-electron chi connectivity index (χ0n) is 10.5. The first-order valence-electron chi connectivity index (χ1n) is 5.71. The molecule has 1 heterocycles. The Bertz CT molecular complexity index is 718. The lowest BCUT2D eigenvalue weighted by molar-refractivity contribution is -0.387. The highest BCUT2D eigenvalue weighted by atomic mass is 35.5. The van der Waals surface area contributed by atoms with Gasteiger partial charge in [-0.3, -0.25) is 10.1 Å². The van der Waals surface area contributed by atoms with E-state index in [1.54, 1.807) is 6.92 Å². The molecule has 5 nitrogen and oxygen atoms in total. The number of halogens is 4. The Morgan fingerprint density at radius 2 is 1.81 bits per heavy atom. The SMILES string of the molecule is CCc1c(Cl)nc(-c2c(F)ccc([N+](=O)[O-])c2F)nc1Cl. The van der Waals surface area contributed by atoms with Crippen LogP contribution in [-0.4, -0.2) is 14.9 Å². The van der Waals surface area contributed by atoms with E-state index in [1.165, 1.54) is 0 Å². The molecule has 0 amide bonds. The average Bonchev–Trinajstić information content (AvgIpc) is 2.38. The molecule has 0 saturated carbocycles. The normalized spacial score (nSPS) is 10.7. The summed E-state index contributed by atoms with van der Waals surface area (Å²) >= 11 is 11.8. The third-order valence-electron chi connectivity index (χ3n) is 2.75. The van der Waals surface area contributed by atoms with Crippen LogP contribution in [0.2, 0.25) is 10.3 Å². The van der Waals surface area contributed by atoms with Crippen molar-refractivity contribution in [3.8, 4) is 11.4 Å². The van der Waals surface area contributed by atoms with Crippen LogP contribution >= 0.6 is 23.2 Å². The second-order valence-electron chi connectivity index (χ2n) is 3.97. The smallest absolute Gasteiger partial charge is 0.258 e. The minimum Gasteiger partial charge on any atom is -0.258 e. The highest BCUT2D eigenvalue weighted by Gasteiger charge is 2.25. The lowest BCUT2D eigenvalue weighted by Gasteiger charge is -2.08. The van der Waals surface area contributed by atoms with Crippen LogP contribution in [0.4, 0.5) is 14.5 Å². The van der Waals surface area contributed by atoms with Crippen molar-refractivity contribution in [2.75, 3.05) is 0 Å². The minimum absolute atomic E-state index is 0.0576. The fraction of sp³-hybridized carbons (Fsp3) is 0.167. The number of rotatable bonds is 3. The number of hydrogen-bond acceptors (Lipinski definition) is 4. The van der Waals surface area contributed by atoms with Crippen LogP contribution < -0.4 is 0 Å². The van der Waals surface area contributed by atoms with Crippen molar-refractivity contribution in [2.24, 2.45) is 0 Å². The summed E-state index contributed by atoms with van der Waals surface area (Å²) in [6.07, 6.45) is 0.428. The van der Waals surface area contributed by atoms with E-state index >= 15 is 0 Å². The summed E-state index contributed by atoms with van der Waals surface area (Å²) in [7, 11) is 0. The average molecular weight is 334 g/mol. The van der Waals surface area contributed by atoms with Crippen LogP contribution in [0.25, 0.3) is 11.4 Å². The molecule has 0 bridgehead atoms. The first kappa shape index (κ1) is 15.5. The van der Waals surface area contributed by atoms with Gasteiger partial charge in [0.2, 0.25) is 5.82 Å². The Hall–Kier alpha value is -1.86. The fourth-order valence-corrected chi connectivity index (χ4v) is 2.38. The van der Waals surface area contributed by atoms with E-state index in [0.29, 0.717) is 12.0 Å². The quantitative estimate of drug-likeness (QED) is 0.479. The Kier molecular flexibility index (Phi) is 4.34. The zero-order chi connectivity index (χ0) is 15.7. The lowest BCUT2D eigenvalue weighted by Crippen LogP contribution is -2.02. The molecule has 110 valence electrons. The first-order chi connectivity index (χ1) is 9.86. The molecule has 0 spiro atoms. The molecule has 0 N–H and O–H groups in total. The van der Waals surface area contributed by atoms with Crippen molar-refractivity contribution in [3.05, 3.63) is 49.8 Å². The maximum Gasteiger partial charge on any atom is 0.305 e. The molecule has 1 aromatic heterocycles. The van der Waals surface area contributed by atoms with Gasteiger partial charge in [0.1, 0.15) is 16.1 Å². The summed E-state index contributed by atoms with van der Waals surface area (Å²) < 4.78 is 27.9. The molecular formula is C12H7Cl2F2N3O2. The molecular weight excluding hydrogens is 327 g/mol. The third-order valence-corrected chi connectivity index (χ3v) is 3.38. The lowest BCUT2D eigenvalue weighted by atomic mass is 10.1. The second-order valence-corrected chi connectivity index (χ2v) is 4.69. The van der Waals surface area contributed by atoms with Crippen LogP contribution in [0.5, 0.6) is 0 Å². The van der Waals surface area contributed by atoms with Gasteiger partial charge in [-0.1, -0.05) is 30.1 Å². The molecule has 2 rings (SSSR count). The zero-order valence-corrected chi connectivity index (χ0v) is 12.0. The van der Waals surface area contributed by atoms with Gasteiger partial charge in [0.05, 0.1) is 10.5 Å². The molecule has 0 aliphatic rings. The summed E-state index contributed by atoms with van der Waals surface area (Å²) in [5.41, 5.74) is -1.20. The standard InChI is InChI=1S/C12H7Cl2F2N3O2/c1-2-5-10(13)17-12(18-11(5)14)8-6(15)3-4-7(9(8)16)19(20)21/h3-4H,2H2,1H3. The van der Waals surface area contributed by atoms with Crippen LogP contribution in [0.15, 0.2) is 12.1 Å². The van der Waals surface area contributed by atoms with Gasteiger partial charge >= 0.3 is 5.69 Å². The van der Waals surface area contributed by atoms with Crippen molar-refractivity contribution in [1.82, 2.24) is 9.97 Å². The molecule has 9 heteroatoms. The third kappa shape index (κ3) is 2.79.